The second-order valence-corrected chi connectivity index (χ2v) is 9.50. The Kier molecular flexibility index (Phi) is 7.60. The Hall–Kier alpha value is -3.77. The fraction of sp³-hybridized carbons (Fsp3) is 0.267. The number of aliphatic hydroxyl groups excluding tert-OH is 1. The molecule has 0 bridgehead atoms. The standard InChI is InChI=1S/C30H31ClN2O4/c1-6-32(7-2)21-14-10-20(11-15-21)26-25(27(34)23-16-19(4)17-24(31)29(23)37-5)28(35)30(36)33(26)22-12-8-18(3)9-13-22/h8-17,26,34H,6-7H2,1-5H3/b27-25+. The van der Waals surface area contributed by atoms with Crippen molar-refractivity contribution >= 4 is 40.4 Å². The van der Waals surface area contributed by atoms with Crippen LogP contribution in [0.25, 0.3) is 5.76 Å². The van der Waals surface area contributed by atoms with Gasteiger partial charge in [0.05, 0.1) is 29.3 Å². The first-order valence-corrected chi connectivity index (χ1v) is 12.7. The van der Waals surface area contributed by atoms with E-state index < -0.39 is 17.7 Å². The summed E-state index contributed by atoms with van der Waals surface area (Å²) in [4.78, 5) is 30.6. The Morgan fingerprint density at radius 2 is 1.59 bits per heavy atom. The zero-order valence-electron chi connectivity index (χ0n) is 21.7. The van der Waals surface area contributed by atoms with Gasteiger partial charge in [-0.05, 0) is 75.2 Å². The quantitative estimate of drug-likeness (QED) is 0.221. The number of anilines is 2. The van der Waals surface area contributed by atoms with E-state index >= 15 is 0 Å². The lowest BCUT2D eigenvalue weighted by atomic mass is 9.94. The van der Waals surface area contributed by atoms with Crippen molar-refractivity contribution in [2.45, 2.75) is 33.7 Å². The molecule has 1 unspecified atom stereocenters. The number of carbonyl (C=O) groups is 2. The molecule has 1 N–H and O–H groups in total. The van der Waals surface area contributed by atoms with Gasteiger partial charge in [-0.25, -0.2) is 0 Å². The number of Topliss-reactive ketones (excluding diaryl/α,β-unsaturated/α-hetero) is 1. The molecule has 1 fully saturated rings. The molecular weight excluding hydrogens is 488 g/mol. The van der Waals surface area contributed by atoms with E-state index in [1.165, 1.54) is 12.0 Å². The van der Waals surface area contributed by atoms with E-state index in [1.807, 2.05) is 62.4 Å². The number of hydrogen-bond acceptors (Lipinski definition) is 5. The van der Waals surface area contributed by atoms with Gasteiger partial charge < -0.3 is 14.7 Å². The summed E-state index contributed by atoms with van der Waals surface area (Å²) in [6.45, 7) is 9.66. The number of amides is 1. The van der Waals surface area contributed by atoms with Crippen molar-refractivity contribution in [2.24, 2.45) is 0 Å². The molecule has 1 heterocycles. The molecule has 0 spiro atoms. The van der Waals surface area contributed by atoms with Gasteiger partial charge in [0.2, 0.25) is 0 Å². The van der Waals surface area contributed by atoms with Crippen LogP contribution in [0.2, 0.25) is 5.02 Å². The summed E-state index contributed by atoms with van der Waals surface area (Å²) in [6, 6.07) is 17.7. The number of benzene rings is 3. The first-order chi connectivity index (χ1) is 17.7. The fourth-order valence-corrected chi connectivity index (χ4v) is 5.18. The number of carbonyl (C=O) groups excluding carboxylic acids is 2. The van der Waals surface area contributed by atoms with E-state index in [9.17, 15) is 14.7 Å². The molecule has 0 saturated carbocycles. The molecule has 0 aromatic heterocycles. The first-order valence-electron chi connectivity index (χ1n) is 12.3. The molecule has 0 aliphatic carbocycles. The van der Waals surface area contributed by atoms with Crippen molar-refractivity contribution in [1.82, 2.24) is 0 Å². The summed E-state index contributed by atoms with van der Waals surface area (Å²) >= 11 is 6.39. The molecule has 4 rings (SSSR count). The van der Waals surface area contributed by atoms with Gasteiger partial charge in [0.25, 0.3) is 11.7 Å². The van der Waals surface area contributed by atoms with E-state index in [-0.39, 0.29) is 22.6 Å². The van der Waals surface area contributed by atoms with Gasteiger partial charge in [0.15, 0.2) is 0 Å². The summed E-state index contributed by atoms with van der Waals surface area (Å²) in [5.41, 5.74) is 4.36. The Bertz CT molecular complexity index is 1360. The second kappa shape index (κ2) is 10.7. The third-order valence-electron chi connectivity index (χ3n) is 6.74. The molecule has 1 aliphatic heterocycles. The minimum absolute atomic E-state index is 0.0128. The van der Waals surface area contributed by atoms with Crippen molar-refractivity contribution in [3.8, 4) is 5.75 Å². The Morgan fingerprint density at radius 3 is 2.16 bits per heavy atom. The van der Waals surface area contributed by atoms with Crippen molar-refractivity contribution in [3.63, 3.8) is 0 Å². The average Bonchev–Trinajstić information content (AvgIpc) is 3.15. The summed E-state index contributed by atoms with van der Waals surface area (Å²) in [5, 5.41) is 11.9. The Balaban J connectivity index is 1.96. The molecule has 0 radical (unpaired) electrons. The number of aryl methyl sites for hydroxylation is 2. The molecule has 192 valence electrons. The molecule has 7 heteroatoms. The number of hydrogen-bond donors (Lipinski definition) is 1. The van der Waals surface area contributed by atoms with Crippen LogP contribution < -0.4 is 14.5 Å². The van der Waals surface area contributed by atoms with Crippen LogP contribution in [0.15, 0.2) is 66.2 Å². The van der Waals surface area contributed by atoms with Gasteiger partial charge in [-0.1, -0.05) is 41.4 Å². The van der Waals surface area contributed by atoms with Crippen LogP contribution in [0.5, 0.6) is 5.75 Å². The van der Waals surface area contributed by atoms with Crippen LogP contribution in [0.4, 0.5) is 11.4 Å². The van der Waals surface area contributed by atoms with Gasteiger partial charge in [0, 0.05) is 24.5 Å². The molecule has 1 aliphatic rings. The lowest BCUT2D eigenvalue weighted by Gasteiger charge is -2.27. The number of aliphatic hydroxyl groups is 1. The third kappa shape index (κ3) is 4.81. The van der Waals surface area contributed by atoms with Gasteiger partial charge in [0.1, 0.15) is 11.5 Å². The maximum absolute atomic E-state index is 13.5. The number of rotatable bonds is 7. The topological polar surface area (TPSA) is 70.1 Å². The average molecular weight is 519 g/mol. The van der Waals surface area contributed by atoms with E-state index in [1.54, 1.807) is 12.1 Å². The van der Waals surface area contributed by atoms with Gasteiger partial charge in [-0.2, -0.15) is 0 Å². The summed E-state index contributed by atoms with van der Waals surface area (Å²) in [5.74, 6) is -1.56. The summed E-state index contributed by atoms with van der Waals surface area (Å²) < 4.78 is 5.46. The van der Waals surface area contributed by atoms with E-state index in [0.717, 1.165) is 29.9 Å². The van der Waals surface area contributed by atoms with Gasteiger partial charge in [-0.15, -0.1) is 0 Å². The van der Waals surface area contributed by atoms with Crippen molar-refractivity contribution < 1.29 is 19.4 Å². The van der Waals surface area contributed by atoms with Crippen LogP contribution in [-0.4, -0.2) is 37.0 Å². The molecule has 6 nitrogen and oxygen atoms in total. The number of halogens is 1. The minimum Gasteiger partial charge on any atom is -0.507 e. The highest BCUT2D eigenvalue weighted by Gasteiger charge is 2.47. The van der Waals surface area contributed by atoms with Crippen molar-refractivity contribution in [2.75, 3.05) is 30.0 Å². The number of methoxy groups -OCH3 is 1. The lowest BCUT2D eigenvalue weighted by molar-refractivity contribution is -0.132. The summed E-state index contributed by atoms with van der Waals surface area (Å²) in [7, 11) is 1.45. The predicted octanol–water partition coefficient (Wildman–Crippen LogP) is 6.44. The minimum atomic E-state index is -0.836. The van der Waals surface area contributed by atoms with Crippen molar-refractivity contribution in [1.29, 1.82) is 0 Å². The third-order valence-corrected chi connectivity index (χ3v) is 7.02. The first kappa shape index (κ1) is 26.3. The molecule has 37 heavy (non-hydrogen) atoms. The zero-order chi connectivity index (χ0) is 26.9. The molecule has 1 amide bonds. The highest BCUT2D eigenvalue weighted by atomic mass is 35.5. The van der Waals surface area contributed by atoms with Gasteiger partial charge >= 0.3 is 0 Å². The van der Waals surface area contributed by atoms with E-state index in [4.69, 9.17) is 16.3 Å². The maximum Gasteiger partial charge on any atom is 0.300 e. The normalized spacial score (nSPS) is 16.8. The Labute approximate surface area is 222 Å². The van der Waals surface area contributed by atoms with Gasteiger partial charge in [-0.3, -0.25) is 14.5 Å². The van der Waals surface area contributed by atoms with Crippen molar-refractivity contribution in [3.05, 3.63) is 93.5 Å². The summed E-state index contributed by atoms with van der Waals surface area (Å²) in [6.07, 6.45) is 0. The molecule has 1 saturated heterocycles. The molecule has 3 aromatic carbocycles. The molecular formula is C30H31ClN2O4. The predicted molar refractivity (Wildman–Crippen MR) is 149 cm³/mol. The number of ether oxygens (including phenoxy) is 1. The molecule has 1 atom stereocenters. The van der Waals surface area contributed by atoms with E-state index in [0.29, 0.717) is 16.3 Å². The Morgan fingerprint density at radius 1 is 0.973 bits per heavy atom. The monoisotopic (exact) mass is 518 g/mol. The highest BCUT2D eigenvalue weighted by molar-refractivity contribution is 6.51. The van der Waals surface area contributed by atoms with Crippen LogP contribution in [-0.2, 0) is 9.59 Å². The fourth-order valence-electron chi connectivity index (χ4n) is 4.83. The largest absolute Gasteiger partial charge is 0.507 e. The lowest BCUT2D eigenvalue weighted by Crippen LogP contribution is -2.29. The highest BCUT2D eigenvalue weighted by Crippen LogP contribution is 2.44. The zero-order valence-corrected chi connectivity index (χ0v) is 22.5. The molecule has 3 aromatic rings. The smallest absolute Gasteiger partial charge is 0.300 e. The van der Waals surface area contributed by atoms with E-state index in [2.05, 4.69) is 18.7 Å². The second-order valence-electron chi connectivity index (χ2n) is 9.10. The SMILES string of the molecule is CCN(CC)c1ccc(C2/C(=C(\O)c3cc(C)cc(Cl)c3OC)C(=O)C(=O)N2c2ccc(C)cc2)cc1. The van der Waals surface area contributed by atoms with Crippen LogP contribution in [0.1, 0.15) is 42.1 Å². The number of ketones is 1. The maximum atomic E-state index is 13.5. The van der Waals surface area contributed by atoms with Crippen LogP contribution in [0.3, 0.4) is 0 Å². The van der Waals surface area contributed by atoms with Crippen LogP contribution >= 0.6 is 11.6 Å². The van der Waals surface area contributed by atoms with Crippen LogP contribution in [0, 0.1) is 13.8 Å². The number of nitrogens with zero attached hydrogens (tertiary/aromatic N) is 2.